The van der Waals surface area contributed by atoms with Gasteiger partial charge in [0.1, 0.15) is 5.75 Å². The molecule has 0 aliphatic rings. The third-order valence-electron chi connectivity index (χ3n) is 2.19. The summed E-state index contributed by atoms with van der Waals surface area (Å²) in [6.45, 7) is 1.74. The van der Waals surface area contributed by atoms with E-state index in [1.807, 2.05) is 0 Å². The lowest BCUT2D eigenvalue weighted by atomic mass is 10.2. The van der Waals surface area contributed by atoms with Crippen LogP contribution >= 0.6 is 0 Å². The van der Waals surface area contributed by atoms with Gasteiger partial charge in [0.05, 0.1) is 18.0 Å². The zero-order valence-corrected chi connectivity index (χ0v) is 9.21. The zero-order valence-electron chi connectivity index (χ0n) is 9.21. The van der Waals surface area contributed by atoms with E-state index in [0.717, 1.165) is 12.1 Å². The van der Waals surface area contributed by atoms with Crippen molar-refractivity contribution in [1.82, 2.24) is 0 Å². The van der Waals surface area contributed by atoms with Crippen LogP contribution in [-0.2, 0) is 6.18 Å². The van der Waals surface area contributed by atoms with Crippen LogP contribution in [0.1, 0.15) is 12.5 Å². The van der Waals surface area contributed by atoms with Crippen LogP contribution in [0.2, 0.25) is 0 Å². The quantitative estimate of drug-likeness (QED) is 0.633. The monoisotopic (exact) mass is 246 g/mol. The fourth-order valence-corrected chi connectivity index (χ4v) is 1.07. The normalized spacial score (nSPS) is 13.2. The number of alkyl halides is 3. The Morgan fingerprint density at radius 2 is 2.12 bits per heavy atom. The third kappa shape index (κ3) is 3.97. The molecule has 0 radical (unpaired) electrons. The molecule has 0 aliphatic carbocycles. The summed E-state index contributed by atoms with van der Waals surface area (Å²) in [5.41, 5.74) is 4.46. The molecule has 0 spiro atoms. The molecule has 94 valence electrons. The van der Waals surface area contributed by atoms with E-state index in [0.29, 0.717) is 0 Å². The Morgan fingerprint density at radius 3 is 2.65 bits per heavy atom. The maximum absolute atomic E-state index is 12.4. The Labute approximate surface area is 96.9 Å². The number of hydrogen-bond acceptors (Lipinski definition) is 2. The van der Waals surface area contributed by atoms with Gasteiger partial charge in [0.25, 0.3) is 0 Å². The van der Waals surface area contributed by atoms with Crippen molar-refractivity contribution in [2.45, 2.75) is 13.1 Å². The maximum Gasteiger partial charge on any atom is 0.416 e. The molecule has 0 aromatic heterocycles. The third-order valence-corrected chi connectivity index (χ3v) is 2.19. The first-order valence-corrected chi connectivity index (χ1v) is 4.94. The number of hydrogen-bond donors (Lipinski definition) is 2. The van der Waals surface area contributed by atoms with Crippen LogP contribution in [0.4, 0.5) is 13.2 Å². The van der Waals surface area contributed by atoms with E-state index < -0.39 is 11.7 Å². The number of halogens is 3. The molecule has 17 heavy (non-hydrogen) atoms. The van der Waals surface area contributed by atoms with Gasteiger partial charge >= 0.3 is 6.18 Å². The highest BCUT2D eigenvalue weighted by molar-refractivity contribution is 5.79. The molecule has 0 saturated carbocycles. The minimum absolute atomic E-state index is 0.0584. The number of amidine groups is 1. The molecule has 1 atom stereocenters. The second-order valence-corrected chi connectivity index (χ2v) is 3.69. The van der Waals surface area contributed by atoms with Crippen molar-refractivity contribution in [2.75, 3.05) is 6.61 Å². The number of nitrogens with two attached hydrogens (primary N) is 1. The summed E-state index contributed by atoms with van der Waals surface area (Å²) in [6, 6.07) is 4.60. The largest absolute Gasteiger partial charge is 0.493 e. The number of nitrogens with one attached hydrogen (secondary N) is 1. The lowest BCUT2D eigenvalue weighted by Crippen LogP contribution is -2.25. The highest BCUT2D eigenvalue weighted by atomic mass is 19.4. The summed E-state index contributed by atoms with van der Waals surface area (Å²) in [4.78, 5) is 0. The Hall–Kier alpha value is -1.72. The molecule has 1 unspecified atom stereocenters. The summed E-state index contributed by atoms with van der Waals surface area (Å²) in [6.07, 6.45) is -4.38. The Morgan fingerprint density at radius 1 is 1.47 bits per heavy atom. The first-order chi connectivity index (χ1) is 7.80. The fourth-order valence-electron chi connectivity index (χ4n) is 1.07. The average Bonchev–Trinajstić information content (AvgIpc) is 2.25. The molecule has 0 fully saturated rings. The molecular weight excluding hydrogens is 233 g/mol. The van der Waals surface area contributed by atoms with E-state index >= 15 is 0 Å². The van der Waals surface area contributed by atoms with Gasteiger partial charge in [-0.05, 0) is 18.2 Å². The second kappa shape index (κ2) is 5.07. The molecule has 3 nitrogen and oxygen atoms in total. The number of benzene rings is 1. The smallest absolute Gasteiger partial charge is 0.416 e. The summed E-state index contributed by atoms with van der Waals surface area (Å²) < 4.78 is 42.3. The van der Waals surface area contributed by atoms with E-state index in [4.69, 9.17) is 15.9 Å². The molecule has 1 rings (SSSR count). The van der Waals surface area contributed by atoms with E-state index in [2.05, 4.69) is 0 Å². The highest BCUT2D eigenvalue weighted by Gasteiger charge is 2.30. The van der Waals surface area contributed by atoms with E-state index in [9.17, 15) is 13.2 Å². The first-order valence-electron chi connectivity index (χ1n) is 4.94. The summed E-state index contributed by atoms with van der Waals surface area (Å²) in [5, 5.41) is 7.13. The van der Waals surface area contributed by atoms with Gasteiger partial charge in [0.15, 0.2) is 0 Å². The van der Waals surface area contributed by atoms with Gasteiger partial charge in [-0.25, -0.2) is 0 Å². The van der Waals surface area contributed by atoms with Crippen molar-refractivity contribution < 1.29 is 17.9 Å². The van der Waals surface area contributed by atoms with Crippen LogP contribution in [-0.4, -0.2) is 12.4 Å². The summed E-state index contributed by atoms with van der Waals surface area (Å²) >= 11 is 0. The molecule has 0 saturated heterocycles. The molecule has 1 aromatic rings. The van der Waals surface area contributed by atoms with Crippen LogP contribution in [0.25, 0.3) is 0 Å². The van der Waals surface area contributed by atoms with Crippen molar-refractivity contribution >= 4 is 5.84 Å². The lowest BCUT2D eigenvalue weighted by Gasteiger charge is -2.13. The molecule has 0 aliphatic heterocycles. The number of rotatable bonds is 4. The van der Waals surface area contributed by atoms with Gasteiger partial charge < -0.3 is 10.5 Å². The lowest BCUT2D eigenvalue weighted by molar-refractivity contribution is -0.137. The topological polar surface area (TPSA) is 59.1 Å². The van der Waals surface area contributed by atoms with Gasteiger partial charge in [-0.1, -0.05) is 13.0 Å². The minimum Gasteiger partial charge on any atom is -0.493 e. The maximum atomic E-state index is 12.4. The Kier molecular flexibility index (Phi) is 3.98. The molecule has 0 heterocycles. The predicted molar refractivity (Wildman–Crippen MR) is 58.0 cm³/mol. The van der Waals surface area contributed by atoms with Crippen molar-refractivity contribution in [3.05, 3.63) is 29.8 Å². The minimum atomic E-state index is -4.38. The molecular formula is C11H13F3N2O. The first kappa shape index (κ1) is 13.3. The fraction of sp³-hybridized carbons (Fsp3) is 0.364. The van der Waals surface area contributed by atoms with Crippen LogP contribution in [0, 0.1) is 11.3 Å². The molecule has 0 bridgehead atoms. The van der Waals surface area contributed by atoms with Gasteiger partial charge in [-0.2, -0.15) is 13.2 Å². The van der Waals surface area contributed by atoms with E-state index in [-0.39, 0.29) is 24.1 Å². The van der Waals surface area contributed by atoms with Crippen LogP contribution in [0.3, 0.4) is 0 Å². The molecule has 1 aromatic carbocycles. The number of ether oxygens (including phenoxy) is 1. The SMILES string of the molecule is CC(COc1cccc(C(F)(F)F)c1)C(=N)N. The highest BCUT2D eigenvalue weighted by Crippen LogP contribution is 2.31. The Bertz CT molecular complexity index is 404. The van der Waals surface area contributed by atoms with Gasteiger partial charge in [0.2, 0.25) is 0 Å². The van der Waals surface area contributed by atoms with Gasteiger partial charge in [-0.3, -0.25) is 5.41 Å². The van der Waals surface area contributed by atoms with Crippen LogP contribution < -0.4 is 10.5 Å². The molecule has 6 heteroatoms. The van der Waals surface area contributed by atoms with Crippen LogP contribution in [0.15, 0.2) is 24.3 Å². The van der Waals surface area contributed by atoms with Crippen molar-refractivity contribution in [3.8, 4) is 5.75 Å². The zero-order chi connectivity index (χ0) is 13.1. The summed E-state index contributed by atoms with van der Waals surface area (Å²) in [5.74, 6) is -0.269. The average molecular weight is 246 g/mol. The molecule has 0 amide bonds. The Balaban J connectivity index is 2.70. The predicted octanol–water partition coefficient (Wildman–Crippen LogP) is 2.66. The van der Waals surface area contributed by atoms with Gasteiger partial charge in [-0.15, -0.1) is 0 Å². The van der Waals surface area contributed by atoms with Crippen molar-refractivity contribution in [2.24, 2.45) is 11.7 Å². The van der Waals surface area contributed by atoms with Crippen molar-refractivity contribution in [1.29, 1.82) is 5.41 Å². The summed E-state index contributed by atoms with van der Waals surface area (Å²) in [7, 11) is 0. The van der Waals surface area contributed by atoms with Gasteiger partial charge in [0, 0.05) is 5.92 Å². The van der Waals surface area contributed by atoms with E-state index in [1.165, 1.54) is 12.1 Å². The van der Waals surface area contributed by atoms with E-state index in [1.54, 1.807) is 6.92 Å². The second-order valence-electron chi connectivity index (χ2n) is 3.69. The molecule has 3 N–H and O–H groups in total. The van der Waals surface area contributed by atoms with Crippen molar-refractivity contribution in [3.63, 3.8) is 0 Å². The van der Waals surface area contributed by atoms with Crippen LogP contribution in [0.5, 0.6) is 5.75 Å². The standard InChI is InChI=1S/C11H13F3N2O/c1-7(10(15)16)6-17-9-4-2-3-8(5-9)11(12,13)14/h2-5,7H,6H2,1H3,(H3,15,16).